The minimum absolute atomic E-state index is 0.276. The van der Waals surface area contributed by atoms with Gasteiger partial charge in [0.15, 0.2) is 0 Å². The third-order valence-corrected chi connectivity index (χ3v) is 3.46. The molecule has 1 saturated heterocycles. The highest BCUT2D eigenvalue weighted by Crippen LogP contribution is 2.17. The lowest BCUT2D eigenvalue weighted by molar-refractivity contribution is 0.0383. The second-order valence-corrected chi connectivity index (χ2v) is 4.74. The van der Waals surface area contributed by atoms with Crippen LogP contribution >= 0.6 is 0 Å². The van der Waals surface area contributed by atoms with Crippen molar-refractivity contribution in [2.24, 2.45) is 0 Å². The Bertz CT molecular complexity index is 435. The summed E-state index contributed by atoms with van der Waals surface area (Å²) < 4.78 is 10.4. The Morgan fingerprint density at radius 1 is 1.35 bits per heavy atom. The Kier molecular flexibility index (Phi) is 5.81. The number of nitrogens with zero attached hydrogens (tertiary/aromatic N) is 2. The molecular formula is C15H21N3O2. The molecule has 1 unspecified atom stereocenters. The summed E-state index contributed by atoms with van der Waals surface area (Å²) in [6.07, 6.45) is 0. The molecule has 5 heteroatoms. The fourth-order valence-electron chi connectivity index (χ4n) is 2.23. The normalized spacial score (nSPS) is 17.4. The predicted octanol–water partition coefficient (Wildman–Crippen LogP) is 1.18. The number of nitrogens with one attached hydrogen (secondary N) is 1. The highest BCUT2D eigenvalue weighted by atomic mass is 16.5. The molecule has 2 rings (SSSR count). The van der Waals surface area contributed by atoms with E-state index < -0.39 is 0 Å². The molecule has 0 bridgehead atoms. The van der Waals surface area contributed by atoms with E-state index in [1.54, 1.807) is 7.11 Å². The molecule has 1 aromatic rings. The molecule has 20 heavy (non-hydrogen) atoms. The molecule has 1 heterocycles. The Hall–Kier alpha value is -1.61. The van der Waals surface area contributed by atoms with Crippen molar-refractivity contribution in [2.45, 2.75) is 6.04 Å². The van der Waals surface area contributed by atoms with Gasteiger partial charge in [-0.2, -0.15) is 5.26 Å². The summed E-state index contributed by atoms with van der Waals surface area (Å²) in [4.78, 5) is 2.35. The van der Waals surface area contributed by atoms with Crippen molar-refractivity contribution in [3.63, 3.8) is 0 Å². The van der Waals surface area contributed by atoms with Crippen molar-refractivity contribution in [1.29, 1.82) is 5.26 Å². The Morgan fingerprint density at radius 3 is 2.65 bits per heavy atom. The summed E-state index contributed by atoms with van der Waals surface area (Å²) in [6, 6.07) is 9.63. The molecule has 0 saturated carbocycles. The molecule has 0 radical (unpaired) electrons. The lowest BCUT2D eigenvalue weighted by Crippen LogP contribution is -2.40. The van der Waals surface area contributed by atoms with Gasteiger partial charge in [0.25, 0.3) is 0 Å². The van der Waals surface area contributed by atoms with Gasteiger partial charge in [0.05, 0.1) is 26.4 Å². The summed E-state index contributed by atoms with van der Waals surface area (Å²) in [7, 11) is 1.64. The number of ether oxygens (including phenoxy) is 2. The first-order valence-corrected chi connectivity index (χ1v) is 6.90. The zero-order valence-electron chi connectivity index (χ0n) is 11.8. The van der Waals surface area contributed by atoms with E-state index >= 15 is 0 Å². The molecule has 1 aromatic carbocycles. The number of morpholine rings is 1. The molecule has 5 nitrogen and oxygen atoms in total. The molecule has 1 aliphatic rings. The highest BCUT2D eigenvalue weighted by Gasteiger charge is 2.12. The van der Waals surface area contributed by atoms with Crippen LogP contribution in [0.1, 0.15) is 11.6 Å². The summed E-state index contributed by atoms with van der Waals surface area (Å²) in [5, 5.41) is 12.6. The van der Waals surface area contributed by atoms with Crippen LogP contribution in [0.4, 0.5) is 0 Å². The molecule has 1 N–H and O–H groups in total. The van der Waals surface area contributed by atoms with E-state index in [1.807, 2.05) is 24.3 Å². The molecule has 108 valence electrons. The fourth-order valence-corrected chi connectivity index (χ4v) is 2.23. The standard InChI is InChI=1S/C15H21N3O2/c1-19-14-4-2-13(3-5-14)15(12-16)17-6-7-18-8-10-20-11-9-18/h2-5,15,17H,6-11H2,1H3. The largest absolute Gasteiger partial charge is 0.497 e. The average molecular weight is 275 g/mol. The molecular weight excluding hydrogens is 254 g/mol. The first-order chi connectivity index (χ1) is 9.83. The van der Waals surface area contributed by atoms with Crippen LogP contribution in [0.5, 0.6) is 5.75 Å². The van der Waals surface area contributed by atoms with Crippen LogP contribution in [0.2, 0.25) is 0 Å². The van der Waals surface area contributed by atoms with E-state index in [4.69, 9.17) is 9.47 Å². The van der Waals surface area contributed by atoms with Crippen molar-refractivity contribution in [3.8, 4) is 11.8 Å². The molecule has 1 fully saturated rings. The Morgan fingerprint density at radius 2 is 2.05 bits per heavy atom. The van der Waals surface area contributed by atoms with Gasteiger partial charge in [-0.05, 0) is 17.7 Å². The van der Waals surface area contributed by atoms with Gasteiger partial charge in [-0.15, -0.1) is 0 Å². The maximum Gasteiger partial charge on any atom is 0.121 e. The molecule has 0 spiro atoms. The second-order valence-electron chi connectivity index (χ2n) is 4.74. The van der Waals surface area contributed by atoms with E-state index in [9.17, 15) is 5.26 Å². The summed E-state index contributed by atoms with van der Waals surface area (Å²) in [6.45, 7) is 5.30. The van der Waals surface area contributed by atoms with Gasteiger partial charge < -0.3 is 9.47 Å². The molecule has 0 aliphatic carbocycles. The zero-order chi connectivity index (χ0) is 14.2. The summed E-state index contributed by atoms with van der Waals surface area (Å²) >= 11 is 0. The lowest BCUT2D eigenvalue weighted by atomic mass is 10.1. The quantitative estimate of drug-likeness (QED) is 0.845. The van der Waals surface area contributed by atoms with Gasteiger partial charge >= 0.3 is 0 Å². The number of methoxy groups -OCH3 is 1. The number of rotatable bonds is 6. The van der Waals surface area contributed by atoms with Gasteiger partial charge in [-0.25, -0.2) is 0 Å². The van der Waals surface area contributed by atoms with Gasteiger partial charge in [0.1, 0.15) is 11.8 Å². The SMILES string of the molecule is COc1ccc(C(C#N)NCCN2CCOCC2)cc1. The minimum atomic E-state index is -0.276. The highest BCUT2D eigenvalue weighted by molar-refractivity contribution is 5.31. The van der Waals surface area contributed by atoms with Gasteiger partial charge in [0, 0.05) is 26.2 Å². The van der Waals surface area contributed by atoms with Gasteiger partial charge in [-0.1, -0.05) is 12.1 Å². The molecule has 0 aromatic heterocycles. The molecule has 1 aliphatic heterocycles. The van der Waals surface area contributed by atoms with E-state index in [1.165, 1.54) is 0 Å². The monoisotopic (exact) mass is 275 g/mol. The van der Waals surface area contributed by atoms with Crippen LogP contribution in [-0.2, 0) is 4.74 Å². The molecule has 0 amide bonds. The van der Waals surface area contributed by atoms with Crippen molar-refractivity contribution in [3.05, 3.63) is 29.8 Å². The van der Waals surface area contributed by atoms with E-state index in [0.717, 1.165) is 50.7 Å². The van der Waals surface area contributed by atoms with Crippen LogP contribution < -0.4 is 10.1 Å². The Balaban J connectivity index is 1.80. The van der Waals surface area contributed by atoms with Crippen molar-refractivity contribution in [2.75, 3.05) is 46.5 Å². The third kappa shape index (κ3) is 4.20. The van der Waals surface area contributed by atoms with Crippen molar-refractivity contribution in [1.82, 2.24) is 10.2 Å². The van der Waals surface area contributed by atoms with Crippen LogP contribution in [0.3, 0.4) is 0 Å². The predicted molar refractivity (Wildman–Crippen MR) is 76.6 cm³/mol. The average Bonchev–Trinajstić information content (AvgIpc) is 2.53. The summed E-state index contributed by atoms with van der Waals surface area (Å²) in [5.41, 5.74) is 0.968. The number of hydrogen-bond donors (Lipinski definition) is 1. The maximum absolute atomic E-state index is 9.27. The van der Waals surface area contributed by atoms with Crippen molar-refractivity contribution < 1.29 is 9.47 Å². The van der Waals surface area contributed by atoms with Gasteiger partial charge in [0.2, 0.25) is 0 Å². The second kappa shape index (κ2) is 7.85. The third-order valence-electron chi connectivity index (χ3n) is 3.46. The minimum Gasteiger partial charge on any atom is -0.497 e. The number of benzene rings is 1. The molecule has 1 atom stereocenters. The fraction of sp³-hybridized carbons (Fsp3) is 0.533. The van der Waals surface area contributed by atoms with Gasteiger partial charge in [-0.3, -0.25) is 10.2 Å². The van der Waals surface area contributed by atoms with E-state index in [-0.39, 0.29) is 6.04 Å². The lowest BCUT2D eigenvalue weighted by Gasteiger charge is -2.27. The van der Waals surface area contributed by atoms with Crippen LogP contribution in [0.15, 0.2) is 24.3 Å². The topological polar surface area (TPSA) is 57.5 Å². The number of hydrogen-bond acceptors (Lipinski definition) is 5. The van der Waals surface area contributed by atoms with Crippen LogP contribution in [0, 0.1) is 11.3 Å². The first kappa shape index (κ1) is 14.8. The van der Waals surface area contributed by atoms with Crippen LogP contribution in [0.25, 0.3) is 0 Å². The summed E-state index contributed by atoms with van der Waals surface area (Å²) in [5.74, 6) is 0.804. The number of nitriles is 1. The maximum atomic E-state index is 9.27. The van der Waals surface area contributed by atoms with E-state index in [0.29, 0.717) is 0 Å². The van der Waals surface area contributed by atoms with Crippen molar-refractivity contribution >= 4 is 0 Å². The van der Waals surface area contributed by atoms with Crippen LogP contribution in [-0.4, -0.2) is 51.4 Å². The first-order valence-electron chi connectivity index (χ1n) is 6.90. The zero-order valence-corrected chi connectivity index (χ0v) is 11.8. The smallest absolute Gasteiger partial charge is 0.121 e. The Labute approximate surface area is 120 Å². The van der Waals surface area contributed by atoms with E-state index in [2.05, 4.69) is 16.3 Å².